The summed E-state index contributed by atoms with van der Waals surface area (Å²) in [6.07, 6.45) is 2.26. The van der Waals surface area contributed by atoms with E-state index in [1.165, 1.54) is 0 Å². The topological polar surface area (TPSA) is 54.0 Å². The summed E-state index contributed by atoms with van der Waals surface area (Å²) in [4.78, 5) is 15.7. The Morgan fingerprint density at radius 2 is 2.12 bits per heavy atom. The van der Waals surface area contributed by atoms with Gasteiger partial charge in [-0.15, -0.1) is 0 Å². The predicted molar refractivity (Wildman–Crippen MR) is 68.5 cm³/mol. The SMILES string of the molecule is CC(C)(C)NC(=O)CCNCc1ccccn1. The number of carbonyl (C=O) groups is 1. The summed E-state index contributed by atoms with van der Waals surface area (Å²) in [5, 5.41) is 6.12. The van der Waals surface area contributed by atoms with E-state index < -0.39 is 0 Å². The molecule has 0 unspecified atom stereocenters. The highest BCUT2D eigenvalue weighted by Crippen LogP contribution is 1.98. The molecule has 0 aromatic carbocycles. The number of carbonyl (C=O) groups excluding carboxylic acids is 1. The molecule has 2 N–H and O–H groups in total. The summed E-state index contributed by atoms with van der Waals surface area (Å²) in [5.41, 5.74) is 0.835. The molecule has 0 fully saturated rings. The number of aromatic nitrogens is 1. The molecule has 94 valence electrons. The molecular formula is C13H21N3O. The number of pyridine rings is 1. The second-order valence-electron chi connectivity index (χ2n) is 5.05. The summed E-state index contributed by atoms with van der Waals surface area (Å²) < 4.78 is 0. The van der Waals surface area contributed by atoms with E-state index in [-0.39, 0.29) is 11.4 Å². The van der Waals surface area contributed by atoms with Gasteiger partial charge in [-0.3, -0.25) is 9.78 Å². The van der Waals surface area contributed by atoms with Gasteiger partial charge in [-0.2, -0.15) is 0 Å². The van der Waals surface area contributed by atoms with E-state index in [0.29, 0.717) is 19.5 Å². The van der Waals surface area contributed by atoms with Gasteiger partial charge in [-0.1, -0.05) is 6.07 Å². The minimum atomic E-state index is -0.155. The molecule has 0 bridgehead atoms. The highest BCUT2D eigenvalue weighted by Gasteiger charge is 2.12. The van der Waals surface area contributed by atoms with Crippen LogP contribution in [0.25, 0.3) is 0 Å². The molecule has 0 aliphatic rings. The highest BCUT2D eigenvalue weighted by atomic mass is 16.1. The number of rotatable bonds is 5. The van der Waals surface area contributed by atoms with Crippen LogP contribution in [0.4, 0.5) is 0 Å². The molecule has 17 heavy (non-hydrogen) atoms. The minimum Gasteiger partial charge on any atom is -0.351 e. The second kappa shape index (κ2) is 6.35. The molecule has 4 nitrogen and oxygen atoms in total. The summed E-state index contributed by atoms with van der Waals surface area (Å²) in [7, 11) is 0. The Morgan fingerprint density at radius 3 is 2.71 bits per heavy atom. The van der Waals surface area contributed by atoms with Crippen molar-refractivity contribution in [1.29, 1.82) is 0 Å². The molecule has 1 aromatic heterocycles. The summed E-state index contributed by atoms with van der Waals surface area (Å²) >= 11 is 0. The van der Waals surface area contributed by atoms with E-state index in [2.05, 4.69) is 15.6 Å². The molecule has 4 heteroatoms. The third-order valence-electron chi connectivity index (χ3n) is 2.08. The average Bonchev–Trinajstić information content (AvgIpc) is 2.23. The van der Waals surface area contributed by atoms with Gasteiger partial charge in [-0.05, 0) is 32.9 Å². The first-order valence-electron chi connectivity index (χ1n) is 5.89. The zero-order valence-corrected chi connectivity index (χ0v) is 10.8. The normalized spacial score (nSPS) is 11.2. The molecule has 0 aliphatic carbocycles. The molecule has 1 aromatic rings. The number of nitrogens with zero attached hydrogens (tertiary/aromatic N) is 1. The number of hydrogen-bond donors (Lipinski definition) is 2. The lowest BCUT2D eigenvalue weighted by atomic mass is 10.1. The minimum absolute atomic E-state index is 0.0750. The average molecular weight is 235 g/mol. The third-order valence-corrected chi connectivity index (χ3v) is 2.08. The fourth-order valence-electron chi connectivity index (χ4n) is 1.40. The van der Waals surface area contributed by atoms with Gasteiger partial charge >= 0.3 is 0 Å². The van der Waals surface area contributed by atoms with Crippen molar-refractivity contribution in [3.8, 4) is 0 Å². The van der Waals surface area contributed by atoms with Crippen molar-refractivity contribution >= 4 is 5.91 Å². The van der Waals surface area contributed by atoms with Crippen molar-refractivity contribution in [3.63, 3.8) is 0 Å². The molecule has 0 aliphatic heterocycles. The summed E-state index contributed by atoms with van der Waals surface area (Å²) in [5.74, 6) is 0.0750. The van der Waals surface area contributed by atoms with Gasteiger partial charge in [0.05, 0.1) is 5.69 Å². The molecule has 1 amide bonds. The maximum Gasteiger partial charge on any atom is 0.221 e. The van der Waals surface area contributed by atoms with Gasteiger partial charge in [-0.25, -0.2) is 0 Å². The van der Waals surface area contributed by atoms with Crippen LogP contribution in [0.5, 0.6) is 0 Å². The van der Waals surface area contributed by atoms with Crippen molar-refractivity contribution in [3.05, 3.63) is 30.1 Å². The predicted octanol–water partition coefficient (Wildman–Crippen LogP) is 1.48. The fraction of sp³-hybridized carbons (Fsp3) is 0.538. The lowest BCUT2D eigenvalue weighted by molar-refractivity contribution is -0.122. The monoisotopic (exact) mass is 235 g/mol. The Kier molecular flexibility index (Phi) is 5.10. The van der Waals surface area contributed by atoms with Crippen molar-refractivity contribution in [2.24, 2.45) is 0 Å². The standard InChI is InChI=1S/C13H21N3O/c1-13(2,3)16-12(17)7-9-14-10-11-6-4-5-8-15-11/h4-6,8,14H,7,9-10H2,1-3H3,(H,16,17). The van der Waals surface area contributed by atoms with E-state index in [1.54, 1.807) is 6.20 Å². The molecule has 1 heterocycles. The first-order valence-corrected chi connectivity index (χ1v) is 5.89. The first-order chi connectivity index (χ1) is 7.97. The molecule has 0 radical (unpaired) electrons. The fourth-order valence-corrected chi connectivity index (χ4v) is 1.40. The third kappa shape index (κ3) is 6.68. The number of hydrogen-bond acceptors (Lipinski definition) is 3. The van der Waals surface area contributed by atoms with Crippen molar-refractivity contribution in [1.82, 2.24) is 15.6 Å². The van der Waals surface area contributed by atoms with Crippen LogP contribution in [-0.4, -0.2) is 23.0 Å². The molecule has 0 saturated carbocycles. The van der Waals surface area contributed by atoms with Gasteiger partial charge < -0.3 is 10.6 Å². The molecular weight excluding hydrogens is 214 g/mol. The zero-order chi connectivity index (χ0) is 12.7. The molecule has 1 rings (SSSR count). The van der Waals surface area contributed by atoms with Crippen LogP contribution in [-0.2, 0) is 11.3 Å². The van der Waals surface area contributed by atoms with Crippen LogP contribution in [0, 0.1) is 0 Å². The highest BCUT2D eigenvalue weighted by molar-refractivity contribution is 5.76. The van der Waals surface area contributed by atoms with E-state index in [4.69, 9.17) is 0 Å². The van der Waals surface area contributed by atoms with Gasteiger partial charge in [0.25, 0.3) is 0 Å². The Bertz CT molecular complexity index is 343. The van der Waals surface area contributed by atoms with E-state index in [1.807, 2.05) is 39.0 Å². The van der Waals surface area contributed by atoms with Crippen LogP contribution in [0.1, 0.15) is 32.9 Å². The van der Waals surface area contributed by atoms with Crippen LogP contribution in [0.3, 0.4) is 0 Å². The van der Waals surface area contributed by atoms with Gasteiger partial charge in [0.2, 0.25) is 5.91 Å². The summed E-state index contributed by atoms with van der Waals surface area (Å²) in [6.45, 7) is 7.30. The number of amides is 1. The van der Waals surface area contributed by atoms with Crippen LogP contribution in [0.2, 0.25) is 0 Å². The van der Waals surface area contributed by atoms with E-state index in [0.717, 1.165) is 5.69 Å². The smallest absolute Gasteiger partial charge is 0.221 e. The van der Waals surface area contributed by atoms with Crippen molar-refractivity contribution in [2.45, 2.75) is 39.3 Å². The number of nitrogens with one attached hydrogen (secondary N) is 2. The first kappa shape index (κ1) is 13.6. The van der Waals surface area contributed by atoms with Crippen molar-refractivity contribution < 1.29 is 4.79 Å². The lowest BCUT2D eigenvalue weighted by Crippen LogP contribution is -2.41. The quantitative estimate of drug-likeness (QED) is 0.760. The Labute approximate surface area is 103 Å². The Hall–Kier alpha value is -1.42. The van der Waals surface area contributed by atoms with Crippen LogP contribution < -0.4 is 10.6 Å². The van der Waals surface area contributed by atoms with Crippen LogP contribution >= 0.6 is 0 Å². The summed E-state index contributed by atoms with van der Waals surface area (Å²) in [6, 6.07) is 5.80. The largest absolute Gasteiger partial charge is 0.351 e. The van der Waals surface area contributed by atoms with Gasteiger partial charge in [0.1, 0.15) is 0 Å². The Morgan fingerprint density at radius 1 is 1.35 bits per heavy atom. The molecule has 0 atom stereocenters. The maximum atomic E-state index is 11.5. The van der Waals surface area contributed by atoms with E-state index in [9.17, 15) is 4.79 Å². The lowest BCUT2D eigenvalue weighted by Gasteiger charge is -2.20. The van der Waals surface area contributed by atoms with Gasteiger partial charge in [0.15, 0.2) is 0 Å². The van der Waals surface area contributed by atoms with Crippen LogP contribution in [0.15, 0.2) is 24.4 Å². The molecule has 0 saturated heterocycles. The Balaban J connectivity index is 2.14. The van der Waals surface area contributed by atoms with Gasteiger partial charge in [0, 0.05) is 31.2 Å². The van der Waals surface area contributed by atoms with E-state index >= 15 is 0 Å². The second-order valence-corrected chi connectivity index (χ2v) is 5.05. The molecule has 0 spiro atoms. The van der Waals surface area contributed by atoms with Crippen molar-refractivity contribution in [2.75, 3.05) is 6.54 Å². The maximum absolute atomic E-state index is 11.5. The zero-order valence-electron chi connectivity index (χ0n) is 10.8.